The number of para-hydroxylation sites is 1. The highest BCUT2D eigenvalue weighted by molar-refractivity contribution is 14.0. The molecule has 7 heteroatoms. The molecule has 2 N–H and O–H groups in total. The van der Waals surface area contributed by atoms with Crippen LogP contribution in [-0.2, 0) is 6.54 Å². The molecule has 0 amide bonds. The monoisotopic (exact) mass is 428 g/mol. The van der Waals surface area contributed by atoms with E-state index in [-0.39, 0.29) is 30.0 Å². The van der Waals surface area contributed by atoms with Crippen LogP contribution in [0.1, 0.15) is 30.6 Å². The highest BCUT2D eigenvalue weighted by Gasteiger charge is 2.21. The van der Waals surface area contributed by atoms with Gasteiger partial charge in [-0.15, -0.1) is 24.0 Å². The second kappa shape index (κ2) is 8.76. The Balaban J connectivity index is 0.00000192. The molecule has 0 saturated carbocycles. The Kier molecular flexibility index (Phi) is 6.69. The molecule has 1 aliphatic heterocycles. The SMILES string of the molecule is CCNC(=NCc1ccon1)NC1CCOc2ccccc21.I. The lowest BCUT2D eigenvalue weighted by molar-refractivity contribution is 0.261. The number of halogens is 1. The molecule has 6 nitrogen and oxygen atoms in total. The third-order valence-corrected chi connectivity index (χ3v) is 3.50. The van der Waals surface area contributed by atoms with E-state index in [1.54, 1.807) is 6.26 Å². The number of fused-ring (bicyclic) bond motifs is 1. The van der Waals surface area contributed by atoms with E-state index >= 15 is 0 Å². The van der Waals surface area contributed by atoms with Crippen molar-refractivity contribution < 1.29 is 9.26 Å². The van der Waals surface area contributed by atoms with Gasteiger partial charge in [0.2, 0.25) is 0 Å². The van der Waals surface area contributed by atoms with E-state index in [0.717, 1.165) is 30.4 Å². The highest BCUT2D eigenvalue weighted by atomic mass is 127. The van der Waals surface area contributed by atoms with E-state index in [1.165, 1.54) is 5.56 Å². The predicted molar refractivity (Wildman–Crippen MR) is 99.2 cm³/mol. The predicted octanol–water partition coefficient (Wildman–Crippen LogP) is 2.87. The molecule has 0 saturated heterocycles. The van der Waals surface area contributed by atoms with Crippen molar-refractivity contribution in [3.63, 3.8) is 0 Å². The van der Waals surface area contributed by atoms with Crippen LogP contribution >= 0.6 is 24.0 Å². The quantitative estimate of drug-likeness (QED) is 0.445. The van der Waals surface area contributed by atoms with Gasteiger partial charge < -0.3 is 19.9 Å². The van der Waals surface area contributed by atoms with Crippen molar-refractivity contribution in [1.82, 2.24) is 15.8 Å². The van der Waals surface area contributed by atoms with Crippen LogP contribution in [0, 0.1) is 0 Å². The lowest BCUT2D eigenvalue weighted by Gasteiger charge is -2.28. The molecule has 124 valence electrons. The Morgan fingerprint density at radius 2 is 2.22 bits per heavy atom. The first-order chi connectivity index (χ1) is 10.9. The minimum Gasteiger partial charge on any atom is -0.493 e. The molecule has 2 heterocycles. The van der Waals surface area contributed by atoms with Gasteiger partial charge >= 0.3 is 0 Å². The molecule has 0 spiro atoms. The van der Waals surface area contributed by atoms with Crippen LogP contribution in [0.5, 0.6) is 5.75 Å². The second-order valence-corrected chi connectivity index (χ2v) is 5.06. The Hall–Kier alpha value is -1.77. The van der Waals surface area contributed by atoms with Crippen molar-refractivity contribution in [3.05, 3.63) is 47.9 Å². The fourth-order valence-electron chi connectivity index (χ4n) is 2.46. The number of aromatic nitrogens is 1. The zero-order valence-electron chi connectivity index (χ0n) is 13.0. The normalized spacial score (nSPS) is 16.7. The summed E-state index contributed by atoms with van der Waals surface area (Å²) in [5, 5.41) is 10.6. The number of nitrogens with one attached hydrogen (secondary N) is 2. The molecule has 1 aromatic heterocycles. The number of benzene rings is 1. The van der Waals surface area contributed by atoms with Gasteiger partial charge in [-0.3, -0.25) is 0 Å². The fraction of sp³-hybridized carbons (Fsp3) is 0.375. The molecule has 0 aliphatic carbocycles. The minimum atomic E-state index is 0. The van der Waals surface area contributed by atoms with Gasteiger partial charge in [0.15, 0.2) is 5.96 Å². The summed E-state index contributed by atoms with van der Waals surface area (Å²) in [7, 11) is 0. The van der Waals surface area contributed by atoms with Crippen LogP contribution in [0.15, 0.2) is 46.1 Å². The van der Waals surface area contributed by atoms with Crippen LogP contribution in [-0.4, -0.2) is 24.3 Å². The number of ether oxygens (including phenoxy) is 1. The van der Waals surface area contributed by atoms with Gasteiger partial charge in [-0.2, -0.15) is 0 Å². The van der Waals surface area contributed by atoms with Gasteiger partial charge in [0.05, 0.1) is 19.2 Å². The lowest BCUT2D eigenvalue weighted by atomic mass is 10.0. The largest absolute Gasteiger partial charge is 0.493 e. The zero-order chi connectivity index (χ0) is 15.2. The standard InChI is InChI=1S/C16H20N4O2.HI/c1-2-17-16(18-11-12-7-10-22-20-12)19-14-8-9-21-15-6-4-3-5-13(14)15;/h3-7,10,14H,2,8-9,11H2,1H3,(H2,17,18,19);1H. The molecule has 0 bridgehead atoms. The molecular formula is C16H21IN4O2. The summed E-state index contributed by atoms with van der Waals surface area (Å²) in [6, 6.07) is 10.1. The third-order valence-electron chi connectivity index (χ3n) is 3.50. The maximum absolute atomic E-state index is 5.69. The van der Waals surface area contributed by atoms with E-state index in [1.807, 2.05) is 31.2 Å². The first kappa shape index (κ1) is 17.6. The van der Waals surface area contributed by atoms with E-state index in [0.29, 0.717) is 13.2 Å². The molecule has 1 aromatic carbocycles. The van der Waals surface area contributed by atoms with E-state index < -0.39 is 0 Å². The van der Waals surface area contributed by atoms with Gasteiger partial charge in [-0.1, -0.05) is 23.4 Å². The smallest absolute Gasteiger partial charge is 0.192 e. The molecule has 1 atom stereocenters. The van der Waals surface area contributed by atoms with Gasteiger partial charge in [0.25, 0.3) is 0 Å². The maximum atomic E-state index is 5.69. The summed E-state index contributed by atoms with van der Waals surface area (Å²) in [5.41, 5.74) is 1.98. The zero-order valence-corrected chi connectivity index (χ0v) is 15.3. The van der Waals surface area contributed by atoms with Crippen LogP contribution in [0.25, 0.3) is 0 Å². The van der Waals surface area contributed by atoms with Gasteiger partial charge in [-0.05, 0) is 13.0 Å². The van der Waals surface area contributed by atoms with Crippen molar-refractivity contribution in [2.24, 2.45) is 4.99 Å². The average molecular weight is 428 g/mol. The molecule has 2 aromatic rings. The summed E-state index contributed by atoms with van der Waals surface area (Å²) < 4.78 is 10.5. The number of nitrogens with zero attached hydrogens (tertiary/aromatic N) is 2. The first-order valence-electron chi connectivity index (χ1n) is 7.52. The Morgan fingerprint density at radius 1 is 1.35 bits per heavy atom. The fourth-order valence-corrected chi connectivity index (χ4v) is 2.46. The van der Waals surface area contributed by atoms with Crippen molar-refractivity contribution in [3.8, 4) is 5.75 Å². The van der Waals surface area contributed by atoms with Crippen LogP contribution in [0.3, 0.4) is 0 Å². The third kappa shape index (κ3) is 4.60. The number of hydrogen-bond acceptors (Lipinski definition) is 4. The summed E-state index contributed by atoms with van der Waals surface area (Å²) in [6.45, 7) is 4.04. The number of guanidine groups is 1. The Labute approximate surface area is 152 Å². The first-order valence-corrected chi connectivity index (χ1v) is 7.52. The van der Waals surface area contributed by atoms with Crippen LogP contribution in [0.4, 0.5) is 0 Å². The number of rotatable bonds is 4. The number of aliphatic imine (C=N–C) groups is 1. The van der Waals surface area contributed by atoms with Crippen LogP contribution in [0.2, 0.25) is 0 Å². The topological polar surface area (TPSA) is 71.7 Å². The van der Waals surface area contributed by atoms with Crippen molar-refractivity contribution >= 4 is 29.9 Å². The highest BCUT2D eigenvalue weighted by Crippen LogP contribution is 2.31. The minimum absolute atomic E-state index is 0. The average Bonchev–Trinajstić information content (AvgIpc) is 3.07. The van der Waals surface area contributed by atoms with Gasteiger partial charge in [0.1, 0.15) is 17.7 Å². The van der Waals surface area contributed by atoms with Crippen LogP contribution < -0.4 is 15.4 Å². The molecule has 1 aliphatic rings. The molecule has 0 fully saturated rings. The summed E-state index contributed by atoms with van der Waals surface area (Å²) >= 11 is 0. The molecule has 23 heavy (non-hydrogen) atoms. The van der Waals surface area contributed by atoms with Gasteiger partial charge in [0, 0.05) is 24.6 Å². The van der Waals surface area contributed by atoms with E-state index in [9.17, 15) is 0 Å². The number of hydrogen-bond donors (Lipinski definition) is 2. The maximum Gasteiger partial charge on any atom is 0.192 e. The summed E-state index contributed by atoms with van der Waals surface area (Å²) in [4.78, 5) is 4.55. The molecule has 1 unspecified atom stereocenters. The summed E-state index contributed by atoms with van der Waals surface area (Å²) in [6.07, 6.45) is 2.46. The van der Waals surface area contributed by atoms with E-state index in [2.05, 4.69) is 26.8 Å². The second-order valence-electron chi connectivity index (χ2n) is 5.06. The summed E-state index contributed by atoms with van der Waals surface area (Å²) in [5.74, 6) is 1.71. The molecular weight excluding hydrogens is 407 g/mol. The van der Waals surface area contributed by atoms with Crippen molar-refractivity contribution in [2.45, 2.75) is 25.9 Å². The molecule has 3 rings (SSSR count). The Morgan fingerprint density at radius 3 is 3.00 bits per heavy atom. The van der Waals surface area contributed by atoms with E-state index in [4.69, 9.17) is 9.26 Å². The van der Waals surface area contributed by atoms with Crippen molar-refractivity contribution in [2.75, 3.05) is 13.2 Å². The van der Waals surface area contributed by atoms with Gasteiger partial charge in [-0.25, -0.2) is 4.99 Å². The Bertz CT molecular complexity index is 631. The molecule has 0 radical (unpaired) electrons. The lowest BCUT2D eigenvalue weighted by Crippen LogP contribution is -2.41. The van der Waals surface area contributed by atoms with Crippen molar-refractivity contribution in [1.29, 1.82) is 0 Å².